The number of fused-ring (bicyclic) bond motifs is 1. The first-order valence-corrected chi connectivity index (χ1v) is 6.81. The Morgan fingerprint density at radius 1 is 1.42 bits per heavy atom. The Balaban J connectivity index is 1.82. The van der Waals surface area contributed by atoms with Crippen LogP contribution in [0.15, 0.2) is 0 Å². The summed E-state index contributed by atoms with van der Waals surface area (Å²) in [4.78, 5) is 21.4. The fourth-order valence-corrected chi connectivity index (χ4v) is 3.07. The van der Waals surface area contributed by atoms with Crippen molar-refractivity contribution in [2.24, 2.45) is 0 Å². The molecule has 1 fully saturated rings. The van der Waals surface area contributed by atoms with Crippen LogP contribution in [0.25, 0.3) is 0 Å². The maximum atomic E-state index is 10.7. The van der Waals surface area contributed by atoms with Crippen LogP contribution >= 0.6 is 11.6 Å². The van der Waals surface area contributed by atoms with Gasteiger partial charge in [0.25, 0.3) is 0 Å². The van der Waals surface area contributed by atoms with E-state index in [1.54, 1.807) is 0 Å². The first-order chi connectivity index (χ1) is 9.13. The van der Waals surface area contributed by atoms with Crippen molar-refractivity contribution in [3.05, 3.63) is 16.5 Å². The van der Waals surface area contributed by atoms with E-state index in [0.717, 1.165) is 43.7 Å². The molecule has 6 nitrogen and oxygen atoms in total. The number of nitrogens with one attached hydrogen (secondary N) is 1. The first kappa shape index (κ1) is 12.5. The van der Waals surface area contributed by atoms with Crippen molar-refractivity contribution < 1.29 is 9.90 Å². The Morgan fingerprint density at radius 3 is 3.05 bits per heavy atom. The van der Waals surface area contributed by atoms with Crippen molar-refractivity contribution in [1.29, 1.82) is 0 Å². The predicted molar refractivity (Wildman–Crippen MR) is 70.8 cm³/mol. The zero-order valence-electron chi connectivity index (χ0n) is 10.4. The summed E-state index contributed by atoms with van der Waals surface area (Å²) in [5.41, 5.74) is 2.23. The second-order valence-electron chi connectivity index (χ2n) is 4.98. The number of halogens is 1. The van der Waals surface area contributed by atoms with E-state index in [-0.39, 0.29) is 11.3 Å². The molecule has 1 aromatic heterocycles. The maximum absolute atomic E-state index is 10.7. The summed E-state index contributed by atoms with van der Waals surface area (Å²) in [6.07, 6.45) is 2.84. The molecule has 19 heavy (non-hydrogen) atoms. The molecule has 1 aliphatic carbocycles. The Bertz CT molecular complexity index is 523. The predicted octanol–water partition coefficient (Wildman–Crippen LogP) is 1.47. The van der Waals surface area contributed by atoms with Gasteiger partial charge in [-0.2, -0.15) is 0 Å². The van der Waals surface area contributed by atoms with Gasteiger partial charge in [0.2, 0.25) is 5.28 Å². The molecule has 0 bridgehead atoms. The SMILES string of the molecule is O=C(O)NC1CCN(c2nc(Cl)nc3c2CCC3)C1. The summed E-state index contributed by atoms with van der Waals surface area (Å²) >= 11 is 5.97. The summed E-state index contributed by atoms with van der Waals surface area (Å²) in [6.45, 7) is 1.44. The number of nitrogens with zero attached hydrogens (tertiary/aromatic N) is 3. The highest BCUT2D eigenvalue weighted by atomic mass is 35.5. The lowest BCUT2D eigenvalue weighted by Crippen LogP contribution is -2.36. The van der Waals surface area contributed by atoms with E-state index < -0.39 is 6.09 Å². The molecule has 0 radical (unpaired) electrons. The van der Waals surface area contributed by atoms with Gasteiger partial charge in [-0.1, -0.05) is 0 Å². The Kier molecular flexibility index (Phi) is 3.18. The number of aryl methyl sites for hydroxylation is 1. The molecule has 1 aromatic rings. The van der Waals surface area contributed by atoms with Gasteiger partial charge in [-0.05, 0) is 37.3 Å². The van der Waals surface area contributed by atoms with E-state index in [4.69, 9.17) is 16.7 Å². The molecule has 102 valence electrons. The van der Waals surface area contributed by atoms with Crippen molar-refractivity contribution >= 4 is 23.5 Å². The summed E-state index contributed by atoms with van der Waals surface area (Å²) in [7, 11) is 0. The monoisotopic (exact) mass is 282 g/mol. The van der Waals surface area contributed by atoms with E-state index in [9.17, 15) is 4.79 Å². The van der Waals surface area contributed by atoms with Crippen LogP contribution in [0.2, 0.25) is 5.28 Å². The lowest BCUT2D eigenvalue weighted by Gasteiger charge is -2.20. The van der Waals surface area contributed by atoms with E-state index in [1.807, 2.05) is 0 Å². The Morgan fingerprint density at radius 2 is 2.26 bits per heavy atom. The lowest BCUT2D eigenvalue weighted by atomic mass is 10.2. The van der Waals surface area contributed by atoms with Gasteiger partial charge in [0.1, 0.15) is 5.82 Å². The van der Waals surface area contributed by atoms with Gasteiger partial charge in [-0.15, -0.1) is 0 Å². The zero-order chi connectivity index (χ0) is 13.4. The van der Waals surface area contributed by atoms with Crippen molar-refractivity contribution in [3.63, 3.8) is 0 Å². The minimum Gasteiger partial charge on any atom is -0.465 e. The number of rotatable bonds is 2. The van der Waals surface area contributed by atoms with Crippen LogP contribution in [0, 0.1) is 0 Å². The van der Waals surface area contributed by atoms with Crippen LogP contribution in [0.1, 0.15) is 24.1 Å². The number of anilines is 1. The second-order valence-corrected chi connectivity index (χ2v) is 5.31. The average Bonchev–Trinajstić information content (AvgIpc) is 2.95. The molecule has 1 aliphatic heterocycles. The normalized spacial score (nSPS) is 21.5. The molecule has 3 rings (SSSR count). The van der Waals surface area contributed by atoms with Gasteiger partial charge in [-0.25, -0.2) is 14.8 Å². The van der Waals surface area contributed by atoms with Crippen molar-refractivity contribution in [3.8, 4) is 0 Å². The summed E-state index contributed by atoms with van der Waals surface area (Å²) in [5.74, 6) is 0.891. The molecule has 2 heterocycles. The number of hydrogen-bond acceptors (Lipinski definition) is 4. The average molecular weight is 283 g/mol. The van der Waals surface area contributed by atoms with Crippen molar-refractivity contribution in [2.75, 3.05) is 18.0 Å². The van der Waals surface area contributed by atoms with E-state index in [0.29, 0.717) is 6.54 Å². The third-order valence-corrected chi connectivity index (χ3v) is 3.87. The maximum Gasteiger partial charge on any atom is 0.404 e. The fourth-order valence-electron chi connectivity index (χ4n) is 2.89. The van der Waals surface area contributed by atoms with Gasteiger partial charge >= 0.3 is 6.09 Å². The minimum absolute atomic E-state index is 0.0386. The number of aromatic nitrogens is 2. The van der Waals surface area contributed by atoms with Gasteiger partial charge < -0.3 is 15.3 Å². The topological polar surface area (TPSA) is 78.4 Å². The molecular weight excluding hydrogens is 268 g/mol. The van der Waals surface area contributed by atoms with Gasteiger partial charge in [0, 0.05) is 18.7 Å². The molecule has 0 spiro atoms. The third-order valence-electron chi connectivity index (χ3n) is 3.70. The molecule has 1 amide bonds. The molecule has 2 aliphatic rings. The molecule has 0 saturated carbocycles. The number of carboxylic acid groups (broad SMARTS) is 1. The highest BCUT2D eigenvalue weighted by Gasteiger charge is 2.29. The molecule has 1 unspecified atom stereocenters. The van der Waals surface area contributed by atoms with Crippen LogP contribution in [0.5, 0.6) is 0 Å². The Hall–Kier alpha value is -1.56. The van der Waals surface area contributed by atoms with Crippen LogP contribution < -0.4 is 10.2 Å². The van der Waals surface area contributed by atoms with E-state index >= 15 is 0 Å². The van der Waals surface area contributed by atoms with Crippen LogP contribution in [-0.4, -0.2) is 40.3 Å². The van der Waals surface area contributed by atoms with E-state index in [2.05, 4.69) is 20.2 Å². The van der Waals surface area contributed by atoms with Gasteiger partial charge in [0.15, 0.2) is 0 Å². The summed E-state index contributed by atoms with van der Waals surface area (Å²) < 4.78 is 0. The minimum atomic E-state index is -0.974. The lowest BCUT2D eigenvalue weighted by molar-refractivity contribution is 0.191. The fraction of sp³-hybridized carbons (Fsp3) is 0.583. The van der Waals surface area contributed by atoms with Gasteiger partial charge in [-0.3, -0.25) is 0 Å². The highest BCUT2D eigenvalue weighted by molar-refractivity contribution is 6.28. The number of carbonyl (C=O) groups is 1. The van der Waals surface area contributed by atoms with Crippen LogP contribution in [-0.2, 0) is 12.8 Å². The quantitative estimate of drug-likeness (QED) is 0.803. The molecule has 1 saturated heterocycles. The number of amides is 1. The molecule has 0 aromatic carbocycles. The molecule has 7 heteroatoms. The highest BCUT2D eigenvalue weighted by Crippen LogP contribution is 2.31. The smallest absolute Gasteiger partial charge is 0.404 e. The second kappa shape index (κ2) is 4.85. The summed E-state index contributed by atoms with van der Waals surface area (Å²) in [6, 6.07) is -0.0386. The zero-order valence-corrected chi connectivity index (χ0v) is 11.2. The first-order valence-electron chi connectivity index (χ1n) is 6.43. The standard InChI is InChI=1S/C12H15ClN4O2/c13-11-15-9-3-1-2-8(9)10(16-11)17-5-4-7(6-17)14-12(18)19/h7,14H,1-6H2,(H,18,19). The Labute approximate surface area is 115 Å². The van der Waals surface area contributed by atoms with Crippen LogP contribution in [0.3, 0.4) is 0 Å². The number of hydrogen-bond donors (Lipinski definition) is 2. The summed E-state index contributed by atoms with van der Waals surface area (Å²) in [5, 5.41) is 11.6. The largest absolute Gasteiger partial charge is 0.465 e. The molecular formula is C12H15ClN4O2. The third kappa shape index (κ3) is 2.45. The van der Waals surface area contributed by atoms with Crippen molar-refractivity contribution in [1.82, 2.24) is 15.3 Å². The molecule has 1 atom stereocenters. The van der Waals surface area contributed by atoms with E-state index in [1.165, 1.54) is 5.56 Å². The van der Waals surface area contributed by atoms with Gasteiger partial charge in [0.05, 0.1) is 11.7 Å². The van der Waals surface area contributed by atoms with Crippen molar-refractivity contribution in [2.45, 2.75) is 31.7 Å². The van der Waals surface area contributed by atoms with Crippen LogP contribution in [0.4, 0.5) is 10.6 Å². The molecule has 2 N–H and O–H groups in total.